The van der Waals surface area contributed by atoms with E-state index in [1.165, 1.54) is 0 Å². The van der Waals surface area contributed by atoms with Crippen LogP contribution in [-0.2, 0) is 19.1 Å². The van der Waals surface area contributed by atoms with Crippen LogP contribution in [-0.4, -0.2) is 24.1 Å². The predicted molar refractivity (Wildman–Crippen MR) is 68.0 cm³/mol. The zero-order valence-electron chi connectivity index (χ0n) is 11.6. The smallest absolute Gasteiger partial charge is 0.345 e. The Kier molecular flexibility index (Phi) is 5.38. The number of hydrogen-bond acceptors (Lipinski definition) is 4. The van der Waals surface area contributed by atoms with Gasteiger partial charge >= 0.3 is 11.9 Å². The van der Waals surface area contributed by atoms with Gasteiger partial charge in [-0.05, 0) is 59.0 Å². The minimum atomic E-state index is -0.549. The van der Waals surface area contributed by atoms with Gasteiger partial charge in [0.15, 0.2) is 0 Å². The van der Waals surface area contributed by atoms with Crippen LogP contribution >= 0.6 is 0 Å². The molecular weight excluding hydrogens is 232 g/mol. The summed E-state index contributed by atoms with van der Waals surface area (Å²) in [6.45, 7) is 7.07. The van der Waals surface area contributed by atoms with E-state index in [-0.39, 0.29) is 17.8 Å². The van der Waals surface area contributed by atoms with Crippen molar-refractivity contribution in [3.05, 3.63) is 11.1 Å². The molecule has 18 heavy (non-hydrogen) atoms. The number of ether oxygens (including phenoxy) is 2. The third kappa shape index (κ3) is 4.17. The van der Waals surface area contributed by atoms with Crippen molar-refractivity contribution in [1.82, 2.24) is 0 Å². The van der Waals surface area contributed by atoms with Crippen molar-refractivity contribution < 1.29 is 19.1 Å². The van der Waals surface area contributed by atoms with E-state index in [9.17, 15) is 9.59 Å². The minimum absolute atomic E-state index is 0.120. The summed E-state index contributed by atoms with van der Waals surface area (Å²) < 4.78 is 10.3. The van der Waals surface area contributed by atoms with E-state index in [1.807, 2.05) is 0 Å². The molecule has 0 aliphatic heterocycles. The summed E-state index contributed by atoms with van der Waals surface area (Å²) in [6, 6.07) is 0. The quantitative estimate of drug-likeness (QED) is 0.335. The zero-order valence-corrected chi connectivity index (χ0v) is 11.6. The number of hydrogen-bond donors (Lipinski definition) is 0. The average Bonchev–Trinajstić information content (AvgIpc) is 2.68. The van der Waals surface area contributed by atoms with E-state index >= 15 is 0 Å². The molecular formula is C14H22O4. The lowest BCUT2D eigenvalue weighted by Gasteiger charge is -2.14. The Balaban J connectivity index is 2.92. The summed E-state index contributed by atoms with van der Waals surface area (Å²) in [6.07, 6.45) is 3.14. The molecule has 0 bridgehead atoms. The fourth-order valence-corrected chi connectivity index (χ4v) is 1.97. The molecule has 1 aliphatic rings. The van der Waals surface area contributed by atoms with Gasteiger partial charge in [-0.3, -0.25) is 0 Å². The van der Waals surface area contributed by atoms with Crippen LogP contribution < -0.4 is 0 Å². The largest absolute Gasteiger partial charge is 0.459 e. The van der Waals surface area contributed by atoms with Gasteiger partial charge in [-0.25, -0.2) is 9.59 Å². The maximum Gasteiger partial charge on any atom is 0.345 e. The molecule has 0 atom stereocenters. The molecule has 102 valence electrons. The van der Waals surface area contributed by atoms with Gasteiger partial charge in [-0.2, -0.15) is 0 Å². The molecule has 0 spiro atoms. The molecule has 0 aromatic carbocycles. The van der Waals surface area contributed by atoms with Crippen LogP contribution in [0.2, 0.25) is 0 Å². The number of carbonyl (C=O) groups is 2. The molecule has 0 radical (unpaired) electrons. The van der Waals surface area contributed by atoms with Gasteiger partial charge in [0.1, 0.15) is 5.57 Å². The summed E-state index contributed by atoms with van der Waals surface area (Å²) in [5.74, 6) is -1.10. The first-order chi connectivity index (χ1) is 8.41. The van der Waals surface area contributed by atoms with Crippen molar-refractivity contribution in [2.45, 2.75) is 65.6 Å². The van der Waals surface area contributed by atoms with Crippen molar-refractivity contribution in [3.63, 3.8) is 0 Å². The lowest BCUT2D eigenvalue weighted by atomic mass is 10.1. The molecule has 1 fully saturated rings. The van der Waals surface area contributed by atoms with E-state index < -0.39 is 11.9 Å². The molecule has 4 nitrogen and oxygen atoms in total. The first-order valence-corrected chi connectivity index (χ1v) is 6.55. The summed E-state index contributed by atoms with van der Waals surface area (Å²) in [4.78, 5) is 24.0. The number of allylic oxidation sites excluding steroid dienone is 1. The van der Waals surface area contributed by atoms with Crippen LogP contribution in [0.5, 0.6) is 0 Å². The first-order valence-electron chi connectivity index (χ1n) is 6.55. The van der Waals surface area contributed by atoms with Gasteiger partial charge in [-0.1, -0.05) is 0 Å². The highest BCUT2D eigenvalue weighted by atomic mass is 16.6. The molecule has 1 aliphatic carbocycles. The Labute approximate surface area is 108 Å². The molecule has 1 rings (SSSR count). The highest BCUT2D eigenvalue weighted by Gasteiger charge is 2.28. The third-order valence-electron chi connectivity index (χ3n) is 2.65. The Morgan fingerprint density at radius 3 is 1.61 bits per heavy atom. The SMILES string of the molecule is CC(C)OC(=O)C(C(=O)OC(C)C)=C1CCCC1. The van der Waals surface area contributed by atoms with Crippen molar-refractivity contribution in [2.24, 2.45) is 0 Å². The van der Waals surface area contributed by atoms with Crippen molar-refractivity contribution in [3.8, 4) is 0 Å². The molecule has 1 saturated carbocycles. The second-order valence-corrected chi connectivity index (χ2v) is 5.09. The van der Waals surface area contributed by atoms with Crippen LogP contribution in [0.3, 0.4) is 0 Å². The molecule has 0 N–H and O–H groups in total. The fraction of sp³-hybridized carbons (Fsp3) is 0.714. The Morgan fingerprint density at radius 2 is 1.28 bits per heavy atom. The summed E-state index contributed by atoms with van der Waals surface area (Å²) in [7, 11) is 0. The van der Waals surface area contributed by atoms with E-state index in [2.05, 4.69) is 0 Å². The minimum Gasteiger partial charge on any atom is -0.459 e. The van der Waals surface area contributed by atoms with E-state index in [1.54, 1.807) is 27.7 Å². The number of carbonyl (C=O) groups excluding carboxylic acids is 2. The molecule has 0 saturated heterocycles. The summed E-state index contributed by atoms with van der Waals surface area (Å²) >= 11 is 0. The molecule has 0 amide bonds. The van der Waals surface area contributed by atoms with E-state index in [4.69, 9.17) is 9.47 Å². The van der Waals surface area contributed by atoms with Crippen molar-refractivity contribution in [1.29, 1.82) is 0 Å². The van der Waals surface area contributed by atoms with Crippen LogP contribution in [0, 0.1) is 0 Å². The maximum atomic E-state index is 12.0. The monoisotopic (exact) mass is 254 g/mol. The van der Waals surface area contributed by atoms with Crippen LogP contribution in [0.4, 0.5) is 0 Å². The normalized spacial score (nSPS) is 15.1. The lowest BCUT2D eigenvalue weighted by Crippen LogP contribution is -2.24. The van der Waals surface area contributed by atoms with Gasteiger partial charge in [0.25, 0.3) is 0 Å². The lowest BCUT2D eigenvalue weighted by molar-refractivity contribution is -0.151. The molecule has 4 heteroatoms. The van der Waals surface area contributed by atoms with Gasteiger partial charge in [0.2, 0.25) is 0 Å². The van der Waals surface area contributed by atoms with Gasteiger partial charge in [-0.15, -0.1) is 0 Å². The summed E-state index contributed by atoms with van der Waals surface area (Å²) in [5, 5.41) is 0. The Hall–Kier alpha value is -1.32. The highest BCUT2D eigenvalue weighted by molar-refractivity contribution is 6.14. The highest BCUT2D eigenvalue weighted by Crippen LogP contribution is 2.28. The average molecular weight is 254 g/mol. The van der Waals surface area contributed by atoms with E-state index in [0.717, 1.165) is 31.3 Å². The van der Waals surface area contributed by atoms with Crippen LogP contribution in [0.15, 0.2) is 11.1 Å². The Morgan fingerprint density at radius 1 is 0.889 bits per heavy atom. The summed E-state index contributed by atoms with van der Waals surface area (Å²) in [5.41, 5.74) is 1.00. The maximum absolute atomic E-state index is 12.0. The predicted octanol–water partition coefficient (Wildman–Crippen LogP) is 2.76. The van der Waals surface area contributed by atoms with E-state index in [0.29, 0.717) is 0 Å². The Bertz CT molecular complexity index is 321. The second kappa shape index (κ2) is 6.57. The number of esters is 2. The molecule has 0 heterocycles. The fourth-order valence-electron chi connectivity index (χ4n) is 1.97. The van der Waals surface area contributed by atoms with Crippen LogP contribution in [0.25, 0.3) is 0 Å². The van der Waals surface area contributed by atoms with Gasteiger partial charge < -0.3 is 9.47 Å². The second-order valence-electron chi connectivity index (χ2n) is 5.09. The standard InChI is InChI=1S/C14H22O4/c1-9(2)17-13(15)12(11-7-5-6-8-11)14(16)18-10(3)4/h9-10H,5-8H2,1-4H3. The molecule has 0 unspecified atom stereocenters. The topological polar surface area (TPSA) is 52.6 Å². The van der Waals surface area contributed by atoms with Crippen LogP contribution in [0.1, 0.15) is 53.4 Å². The zero-order chi connectivity index (χ0) is 13.7. The first kappa shape index (κ1) is 14.7. The van der Waals surface area contributed by atoms with Crippen molar-refractivity contribution >= 4 is 11.9 Å². The third-order valence-corrected chi connectivity index (χ3v) is 2.65. The number of rotatable bonds is 4. The molecule has 0 aromatic rings. The van der Waals surface area contributed by atoms with Crippen molar-refractivity contribution in [2.75, 3.05) is 0 Å². The molecule has 0 aromatic heterocycles. The van der Waals surface area contributed by atoms with Gasteiger partial charge in [0, 0.05) is 0 Å². The van der Waals surface area contributed by atoms with Gasteiger partial charge in [0.05, 0.1) is 12.2 Å².